The number of hydrogen-bond acceptors (Lipinski definition) is 4. The molecule has 1 aromatic heterocycles. The molecule has 116 valence electrons. The Morgan fingerprint density at radius 1 is 1.48 bits per heavy atom. The molecule has 0 saturated carbocycles. The van der Waals surface area contributed by atoms with Crippen LogP contribution in [0.25, 0.3) is 12.3 Å². The molecule has 1 aromatic rings. The molecule has 0 amide bonds. The SMILES string of the molecule is C=C/C=c1\c(=C/NOC)c(NC(C)(C)CC)cc(=O)n1C. The molecule has 0 aliphatic heterocycles. The minimum Gasteiger partial charge on any atom is -0.379 e. The maximum atomic E-state index is 12.1. The van der Waals surface area contributed by atoms with Crippen molar-refractivity contribution >= 4 is 18.0 Å². The van der Waals surface area contributed by atoms with Crippen LogP contribution in [0, 0.1) is 0 Å². The number of rotatable bonds is 6. The summed E-state index contributed by atoms with van der Waals surface area (Å²) in [6, 6.07) is 1.60. The number of nitrogens with zero attached hydrogens (tertiary/aromatic N) is 1. The Bertz CT molecular complexity index is 672. The number of nitrogens with one attached hydrogen (secondary N) is 2. The van der Waals surface area contributed by atoms with E-state index in [2.05, 4.69) is 38.1 Å². The molecule has 0 aromatic carbocycles. The minimum atomic E-state index is -0.118. The van der Waals surface area contributed by atoms with Gasteiger partial charge in [-0.05, 0) is 26.3 Å². The minimum absolute atomic E-state index is 0.0768. The molecule has 0 spiro atoms. The van der Waals surface area contributed by atoms with Crippen molar-refractivity contribution in [1.29, 1.82) is 0 Å². The third-order valence-electron chi connectivity index (χ3n) is 3.48. The van der Waals surface area contributed by atoms with Crippen LogP contribution >= 0.6 is 0 Å². The summed E-state index contributed by atoms with van der Waals surface area (Å²) in [5.74, 6) is 0. The van der Waals surface area contributed by atoms with Crippen molar-refractivity contribution in [3.8, 4) is 0 Å². The van der Waals surface area contributed by atoms with Crippen molar-refractivity contribution in [2.75, 3.05) is 12.4 Å². The Morgan fingerprint density at radius 3 is 2.67 bits per heavy atom. The first-order valence-corrected chi connectivity index (χ1v) is 6.96. The van der Waals surface area contributed by atoms with Gasteiger partial charge in [-0.2, -0.15) is 0 Å². The number of hydroxylamine groups is 1. The van der Waals surface area contributed by atoms with Crippen LogP contribution in [-0.4, -0.2) is 17.2 Å². The van der Waals surface area contributed by atoms with Crippen LogP contribution < -0.4 is 26.9 Å². The Labute approximate surface area is 125 Å². The van der Waals surface area contributed by atoms with Crippen molar-refractivity contribution in [1.82, 2.24) is 10.0 Å². The van der Waals surface area contributed by atoms with E-state index in [1.807, 2.05) is 0 Å². The lowest BCUT2D eigenvalue weighted by Crippen LogP contribution is -2.45. The van der Waals surface area contributed by atoms with Crippen LogP contribution in [-0.2, 0) is 11.9 Å². The second kappa shape index (κ2) is 7.13. The zero-order chi connectivity index (χ0) is 16.0. The fraction of sp³-hybridized carbons (Fsp3) is 0.438. The molecule has 5 nitrogen and oxygen atoms in total. The molecule has 0 bridgehead atoms. The molecule has 0 fully saturated rings. The number of aromatic nitrogens is 1. The third kappa shape index (κ3) is 4.23. The zero-order valence-electron chi connectivity index (χ0n) is 13.5. The van der Waals surface area contributed by atoms with E-state index in [9.17, 15) is 4.79 Å². The summed E-state index contributed by atoms with van der Waals surface area (Å²) in [4.78, 5) is 17.0. The third-order valence-corrected chi connectivity index (χ3v) is 3.48. The largest absolute Gasteiger partial charge is 0.379 e. The Hall–Kier alpha value is -2.01. The van der Waals surface area contributed by atoms with Crippen LogP contribution in [0.4, 0.5) is 5.69 Å². The fourth-order valence-corrected chi connectivity index (χ4v) is 1.87. The molecule has 2 N–H and O–H groups in total. The Morgan fingerprint density at radius 2 is 2.14 bits per heavy atom. The van der Waals surface area contributed by atoms with Crippen molar-refractivity contribution < 1.29 is 4.84 Å². The molecule has 1 rings (SSSR count). The van der Waals surface area contributed by atoms with Crippen LogP contribution in [0.2, 0.25) is 0 Å². The highest BCUT2D eigenvalue weighted by Crippen LogP contribution is 2.13. The lowest BCUT2D eigenvalue weighted by Gasteiger charge is -2.26. The van der Waals surface area contributed by atoms with Crippen molar-refractivity contribution in [2.24, 2.45) is 7.05 Å². The summed E-state index contributed by atoms with van der Waals surface area (Å²) in [5, 5.41) is 5.03. The lowest BCUT2D eigenvalue weighted by molar-refractivity contribution is 0.141. The van der Waals surface area contributed by atoms with Crippen LogP contribution in [0.1, 0.15) is 27.2 Å². The highest BCUT2D eigenvalue weighted by atomic mass is 16.6. The zero-order valence-corrected chi connectivity index (χ0v) is 13.5. The molecule has 0 atom stereocenters. The number of allylic oxidation sites excluding steroid dienone is 1. The van der Waals surface area contributed by atoms with E-state index in [-0.39, 0.29) is 11.1 Å². The first-order valence-electron chi connectivity index (χ1n) is 6.96. The van der Waals surface area contributed by atoms with E-state index in [1.165, 1.54) is 0 Å². The molecule has 1 heterocycles. The molecule has 0 saturated heterocycles. The van der Waals surface area contributed by atoms with Gasteiger partial charge in [0.15, 0.2) is 0 Å². The van der Waals surface area contributed by atoms with E-state index in [0.717, 1.165) is 22.7 Å². The van der Waals surface area contributed by atoms with E-state index >= 15 is 0 Å². The topological polar surface area (TPSA) is 55.3 Å². The van der Waals surface area contributed by atoms with Gasteiger partial charge in [-0.15, -0.1) is 0 Å². The molecule has 5 heteroatoms. The van der Waals surface area contributed by atoms with Gasteiger partial charge < -0.3 is 9.88 Å². The monoisotopic (exact) mass is 291 g/mol. The van der Waals surface area contributed by atoms with E-state index in [0.29, 0.717) is 0 Å². The van der Waals surface area contributed by atoms with Gasteiger partial charge in [0.25, 0.3) is 5.56 Å². The van der Waals surface area contributed by atoms with Crippen molar-refractivity contribution in [3.63, 3.8) is 0 Å². The number of hydrogen-bond donors (Lipinski definition) is 2. The molecule has 0 unspecified atom stereocenters. The maximum Gasteiger partial charge on any atom is 0.252 e. The predicted octanol–water partition coefficient (Wildman–Crippen LogP) is 0.841. The lowest BCUT2D eigenvalue weighted by atomic mass is 10.0. The average molecular weight is 291 g/mol. The van der Waals surface area contributed by atoms with E-state index < -0.39 is 0 Å². The van der Waals surface area contributed by atoms with Crippen LogP contribution in [0.3, 0.4) is 0 Å². The maximum absolute atomic E-state index is 12.1. The van der Waals surface area contributed by atoms with Crippen LogP contribution in [0.15, 0.2) is 23.5 Å². The van der Waals surface area contributed by atoms with Crippen LogP contribution in [0.5, 0.6) is 0 Å². The molecular weight excluding hydrogens is 266 g/mol. The standard InChI is InChI=1S/C16H25N3O2/c1-7-9-14-12(11-17-21-6)13(10-15(20)19(14)5)18-16(3,4)8-2/h7,9-11,17-18H,1,8H2,2-6H3/b12-11-,14-9+. The molecule has 0 aliphatic carbocycles. The van der Waals surface area contributed by atoms with Crippen molar-refractivity contribution in [3.05, 3.63) is 39.6 Å². The Kier molecular flexibility index (Phi) is 5.79. The van der Waals surface area contributed by atoms with Gasteiger partial charge in [-0.1, -0.05) is 19.6 Å². The molecule has 0 radical (unpaired) electrons. The smallest absolute Gasteiger partial charge is 0.252 e. The molecule has 0 aliphatic rings. The first kappa shape index (κ1) is 17.0. The summed E-state index contributed by atoms with van der Waals surface area (Å²) < 4.78 is 1.58. The second-order valence-electron chi connectivity index (χ2n) is 5.49. The van der Waals surface area contributed by atoms with Gasteiger partial charge >= 0.3 is 0 Å². The first-order chi connectivity index (χ1) is 9.86. The fourth-order valence-electron chi connectivity index (χ4n) is 1.87. The van der Waals surface area contributed by atoms with E-state index in [1.54, 1.807) is 43.1 Å². The van der Waals surface area contributed by atoms with Gasteiger partial charge in [0.05, 0.1) is 18.1 Å². The number of anilines is 1. The summed E-state index contributed by atoms with van der Waals surface area (Å²) in [7, 11) is 3.27. The summed E-state index contributed by atoms with van der Waals surface area (Å²) >= 11 is 0. The summed E-state index contributed by atoms with van der Waals surface area (Å²) in [6.45, 7) is 9.99. The van der Waals surface area contributed by atoms with Gasteiger partial charge in [-0.3, -0.25) is 15.1 Å². The highest BCUT2D eigenvalue weighted by Gasteiger charge is 2.16. The van der Waals surface area contributed by atoms with Gasteiger partial charge in [0, 0.05) is 30.1 Å². The van der Waals surface area contributed by atoms with Gasteiger partial charge in [-0.25, -0.2) is 0 Å². The Balaban J connectivity index is 3.68. The predicted molar refractivity (Wildman–Crippen MR) is 88.2 cm³/mol. The highest BCUT2D eigenvalue weighted by molar-refractivity contribution is 5.51. The van der Waals surface area contributed by atoms with Crippen molar-refractivity contribution in [2.45, 2.75) is 32.7 Å². The average Bonchev–Trinajstić information content (AvgIpc) is 2.43. The quantitative estimate of drug-likeness (QED) is 0.763. The van der Waals surface area contributed by atoms with Gasteiger partial charge in [0.1, 0.15) is 0 Å². The normalized spacial score (nSPS) is 13.4. The number of pyridine rings is 1. The summed E-state index contributed by atoms with van der Waals surface area (Å²) in [6.07, 6.45) is 6.12. The second-order valence-corrected chi connectivity index (χ2v) is 5.49. The summed E-state index contributed by atoms with van der Waals surface area (Å²) in [5.41, 5.74) is 3.29. The molecular formula is C16H25N3O2. The van der Waals surface area contributed by atoms with E-state index in [4.69, 9.17) is 4.84 Å². The molecule has 21 heavy (non-hydrogen) atoms. The van der Waals surface area contributed by atoms with Gasteiger partial charge in [0.2, 0.25) is 0 Å².